The molecular formula is C23H28N2O4. The van der Waals surface area contributed by atoms with E-state index in [-0.39, 0.29) is 5.41 Å². The number of hydrogen-bond acceptors (Lipinski definition) is 4. The van der Waals surface area contributed by atoms with Crippen molar-refractivity contribution in [2.45, 2.75) is 32.1 Å². The second-order valence-electron chi connectivity index (χ2n) is 7.53. The molecular weight excluding hydrogens is 368 g/mol. The number of amides is 2. The third-order valence-corrected chi connectivity index (χ3v) is 5.69. The van der Waals surface area contributed by atoms with Crippen molar-refractivity contribution in [3.05, 3.63) is 59.2 Å². The van der Waals surface area contributed by atoms with E-state index in [1.54, 1.807) is 13.2 Å². The average molecular weight is 396 g/mol. The molecule has 3 rings (SSSR count). The Balaban J connectivity index is 1.71. The van der Waals surface area contributed by atoms with Crippen LogP contribution in [0.4, 0.5) is 5.69 Å². The molecule has 29 heavy (non-hydrogen) atoms. The van der Waals surface area contributed by atoms with Crippen LogP contribution in [0.15, 0.2) is 42.5 Å². The largest absolute Gasteiger partial charge is 0.496 e. The minimum atomic E-state index is -0.671. The van der Waals surface area contributed by atoms with E-state index in [4.69, 9.17) is 9.47 Å². The number of methoxy groups -OCH3 is 1. The molecule has 0 radical (unpaired) electrons. The predicted octanol–water partition coefficient (Wildman–Crippen LogP) is 3.12. The van der Waals surface area contributed by atoms with E-state index < -0.39 is 11.8 Å². The van der Waals surface area contributed by atoms with Crippen molar-refractivity contribution in [1.82, 2.24) is 5.32 Å². The minimum Gasteiger partial charge on any atom is -0.496 e. The van der Waals surface area contributed by atoms with Crippen molar-refractivity contribution in [2.24, 2.45) is 0 Å². The van der Waals surface area contributed by atoms with Crippen LogP contribution in [0.5, 0.6) is 5.75 Å². The van der Waals surface area contributed by atoms with Gasteiger partial charge in [-0.3, -0.25) is 9.59 Å². The number of rotatable bonds is 5. The third kappa shape index (κ3) is 4.77. The maximum absolute atomic E-state index is 12.5. The molecule has 0 bridgehead atoms. The molecule has 1 aliphatic rings. The third-order valence-electron chi connectivity index (χ3n) is 5.69. The van der Waals surface area contributed by atoms with Gasteiger partial charge in [0.15, 0.2) is 0 Å². The van der Waals surface area contributed by atoms with Gasteiger partial charge in [-0.25, -0.2) is 0 Å². The summed E-state index contributed by atoms with van der Waals surface area (Å²) in [5.41, 5.74) is 3.49. The van der Waals surface area contributed by atoms with Crippen LogP contribution >= 0.6 is 0 Å². The second kappa shape index (κ2) is 9.09. The Hall–Kier alpha value is -2.86. The topological polar surface area (TPSA) is 76.7 Å². The first-order valence-corrected chi connectivity index (χ1v) is 9.83. The van der Waals surface area contributed by atoms with Gasteiger partial charge in [-0.05, 0) is 56.0 Å². The highest BCUT2D eigenvalue weighted by Crippen LogP contribution is 2.39. The Kier molecular flexibility index (Phi) is 6.54. The molecule has 0 aromatic heterocycles. The molecule has 0 atom stereocenters. The Morgan fingerprint density at radius 1 is 1.03 bits per heavy atom. The molecule has 1 aliphatic heterocycles. The van der Waals surface area contributed by atoms with Gasteiger partial charge in [0, 0.05) is 36.4 Å². The Bertz CT molecular complexity index is 888. The van der Waals surface area contributed by atoms with Gasteiger partial charge in [0.2, 0.25) is 0 Å². The van der Waals surface area contributed by atoms with Crippen LogP contribution in [0.3, 0.4) is 0 Å². The fourth-order valence-electron chi connectivity index (χ4n) is 3.72. The SMILES string of the molecule is COc1ccccc1C1(CNC(=O)C(=O)Nc2ccc(C)c(C)c2)CCOCC1. The summed E-state index contributed by atoms with van der Waals surface area (Å²) in [4.78, 5) is 24.9. The maximum Gasteiger partial charge on any atom is 0.313 e. The fraction of sp³-hybridized carbons (Fsp3) is 0.391. The van der Waals surface area contributed by atoms with E-state index >= 15 is 0 Å². The lowest BCUT2D eigenvalue weighted by atomic mass is 9.73. The number of carbonyl (C=O) groups is 2. The van der Waals surface area contributed by atoms with Crippen LogP contribution in [0.1, 0.15) is 29.5 Å². The van der Waals surface area contributed by atoms with E-state index in [9.17, 15) is 9.59 Å². The molecule has 0 aliphatic carbocycles. The summed E-state index contributed by atoms with van der Waals surface area (Å²) in [7, 11) is 1.64. The van der Waals surface area contributed by atoms with Gasteiger partial charge < -0.3 is 20.1 Å². The highest BCUT2D eigenvalue weighted by atomic mass is 16.5. The molecule has 1 fully saturated rings. The van der Waals surface area contributed by atoms with Crippen molar-refractivity contribution >= 4 is 17.5 Å². The summed E-state index contributed by atoms with van der Waals surface area (Å²) < 4.78 is 11.1. The first-order valence-electron chi connectivity index (χ1n) is 9.83. The smallest absolute Gasteiger partial charge is 0.313 e. The summed E-state index contributed by atoms with van der Waals surface area (Å²) in [5.74, 6) is -0.539. The highest BCUT2D eigenvalue weighted by molar-refractivity contribution is 6.39. The normalized spacial score (nSPS) is 15.4. The molecule has 2 amide bonds. The summed E-state index contributed by atoms with van der Waals surface area (Å²) in [6.07, 6.45) is 1.48. The lowest BCUT2D eigenvalue weighted by Gasteiger charge is -2.38. The zero-order chi connectivity index (χ0) is 20.9. The molecule has 0 spiro atoms. The van der Waals surface area contributed by atoms with Gasteiger partial charge in [-0.15, -0.1) is 0 Å². The van der Waals surface area contributed by atoms with Crippen molar-refractivity contribution in [3.8, 4) is 5.75 Å². The zero-order valence-corrected chi connectivity index (χ0v) is 17.2. The molecule has 2 aromatic rings. The quantitative estimate of drug-likeness (QED) is 0.762. The van der Waals surface area contributed by atoms with E-state index in [0.29, 0.717) is 25.4 Å². The van der Waals surface area contributed by atoms with Crippen molar-refractivity contribution in [1.29, 1.82) is 0 Å². The number of hydrogen-bond donors (Lipinski definition) is 2. The molecule has 2 aromatic carbocycles. The van der Waals surface area contributed by atoms with Crippen LogP contribution < -0.4 is 15.4 Å². The molecule has 1 heterocycles. The molecule has 1 saturated heterocycles. The van der Waals surface area contributed by atoms with Crippen LogP contribution in [-0.2, 0) is 19.7 Å². The molecule has 0 saturated carbocycles. The molecule has 6 nitrogen and oxygen atoms in total. The first-order chi connectivity index (χ1) is 13.9. The van der Waals surface area contributed by atoms with Gasteiger partial charge in [0.05, 0.1) is 7.11 Å². The number of aryl methyl sites for hydroxylation is 2. The van der Waals surface area contributed by atoms with E-state index in [2.05, 4.69) is 10.6 Å². The first kappa shape index (κ1) is 20.9. The van der Waals surface area contributed by atoms with Gasteiger partial charge in [0.25, 0.3) is 0 Å². The monoisotopic (exact) mass is 396 g/mol. The summed E-state index contributed by atoms with van der Waals surface area (Å²) in [6.45, 7) is 5.51. The maximum atomic E-state index is 12.5. The minimum absolute atomic E-state index is 0.332. The lowest BCUT2D eigenvalue weighted by Crippen LogP contribution is -2.47. The van der Waals surface area contributed by atoms with Gasteiger partial charge in [0.1, 0.15) is 5.75 Å². The number of ether oxygens (including phenoxy) is 2. The highest BCUT2D eigenvalue weighted by Gasteiger charge is 2.37. The van der Waals surface area contributed by atoms with Crippen LogP contribution in [0.2, 0.25) is 0 Å². The van der Waals surface area contributed by atoms with Gasteiger partial charge >= 0.3 is 11.8 Å². The Labute approximate surface area is 171 Å². The molecule has 154 valence electrons. The molecule has 6 heteroatoms. The second-order valence-corrected chi connectivity index (χ2v) is 7.53. The number of anilines is 1. The van der Waals surface area contributed by atoms with Gasteiger partial charge in [-0.1, -0.05) is 24.3 Å². The number of para-hydroxylation sites is 1. The molecule has 0 unspecified atom stereocenters. The van der Waals surface area contributed by atoms with Crippen LogP contribution in [0.25, 0.3) is 0 Å². The van der Waals surface area contributed by atoms with Crippen molar-refractivity contribution in [3.63, 3.8) is 0 Å². The summed E-state index contributed by atoms with van der Waals surface area (Å²) in [6, 6.07) is 13.4. The van der Waals surface area contributed by atoms with Crippen molar-refractivity contribution < 1.29 is 19.1 Å². The van der Waals surface area contributed by atoms with Crippen molar-refractivity contribution in [2.75, 3.05) is 32.2 Å². The summed E-state index contributed by atoms with van der Waals surface area (Å²) in [5, 5.41) is 5.50. The fourth-order valence-corrected chi connectivity index (χ4v) is 3.72. The summed E-state index contributed by atoms with van der Waals surface area (Å²) >= 11 is 0. The van der Waals surface area contributed by atoms with Crippen LogP contribution in [0, 0.1) is 13.8 Å². The van der Waals surface area contributed by atoms with E-state index in [0.717, 1.165) is 35.3 Å². The number of benzene rings is 2. The standard InChI is InChI=1S/C23H28N2O4/c1-16-8-9-18(14-17(16)2)25-22(27)21(26)24-15-23(10-12-29-13-11-23)19-6-4-5-7-20(19)28-3/h4-9,14H,10-13,15H2,1-3H3,(H,24,26)(H,25,27). The van der Waals surface area contributed by atoms with E-state index in [1.807, 2.05) is 50.2 Å². The van der Waals surface area contributed by atoms with Gasteiger partial charge in [-0.2, -0.15) is 0 Å². The predicted molar refractivity (Wildman–Crippen MR) is 112 cm³/mol. The number of nitrogens with one attached hydrogen (secondary N) is 2. The average Bonchev–Trinajstić information content (AvgIpc) is 2.75. The number of carbonyl (C=O) groups excluding carboxylic acids is 2. The Morgan fingerprint density at radius 2 is 1.76 bits per heavy atom. The zero-order valence-electron chi connectivity index (χ0n) is 17.2. The van der Waals surface area contributed by atoms with E-state index in [1.165, 1.54) is 0 Å². The lowest BCUT2D eigenvalue weighted by molar-refractivity contribution is -0.136. The molecule has 2 N–H and O–H groups in total. The Morgan fingerprint density at radius 3 is 2.45 bits per heavy atom. The van der Waals surface area contributed by atoms with Crippen LogP contribution in [-0.4, -0.2) is 38.7 Å².